The third-order valence-corrected chi connectivity index (χ3v) is 4.85. The Morgan fingerprint density at radius 3 is 2.17 bits per heavy atom. The van der Waals surface area contributed by atoms with Crippen molar-refractivity contribution in [2.24, 2.45) is 11.8 Å². The maximum Gasteiger partial charge on any atom is 0.239 e. The molecular weight excluding hydrogens is 392 g/mol. The van der Waals surface area contributed by atoms with Crippen molar-refractivity contribution in [3.05, 3.63) is 0 Å². The number of nitrogens with zero attached hydrogens (tertiary/aromatic N) is 1. The minimum atomic E-state index is -0.521. The second kappa shape index (κ2) is 12.7. The second-order valence-electron chi connectivity index (χ2n) is 7.57. The quantitative estimate of drug-likeness (QED) is 0.358. The van der Waals surface area contributed by atoms with E-state index in [1.807, 2.05) is 6.92 Å². The molecule has 1 aliphatic rings. The van der Waals surface area contributed by atoms with Crippen LogP contribution in [0, 0.1) is 11.8 Å². The lowest BCUT2D eigenvalue weighted by atomic mass is 10.1. The Morgan fingerprint density at radius 2 is 1.60 bits per heavy atom. The molecule has 0 saturated carbocycles. The van der Waals surface area contributed by atoms with E-state index in [0.717, 1.165) is 0 Å². The highest BCUT2D eigenvalue weighted by molar-refractivity contribution is 6.03. The van der Waals surface area contributed by atoms with E-state index in [0.29, 0.717) is 12.8 Å². The maximum absolute atomic E-state index is 12.0. The van der Waals surface area contributed by atoms with Gasteiger partial charge in [0.25, 0.3) is 0 Å². The van der Waals surface area contributed by atoms with Gasteiger partial charge >= 0.3 is 0 Å². The maximum atomic E-state index is 12.0. The Hall–Kier alpha value is -2.78. The minimum absolute atomic E-state index is 0. The molecule has 174 valence electrons. The smallest absolute Gasteiger partial charge is 0.239 e. The van der Waals surface area contributed by atoms with Crippen LogP contribution in [0.15, 0.2) is 0 Å². The average molecular weight is 431 g/mol. The Kier molecular flexibility index (Phi) is 10.7. The first-order valence-electron chi connectivity index (χ1n) is 10.3. The highest BCUT2D eigenvalue weighted by Gasteiger charge is 2.36. The summed E-state index contributed by atoms with van der Waals surface area (Å²) in [5, 5.41) is 7.34. The largest absolute Gasteiger partial charge is 0.354 e. The summed E-state index contributed by atoms with van der Waals surface area (Å²) >= 11 is 0. The first-order chi connectivity index (χ1) is 14.1. The number of nitrogens with one attached hydrogen (secondary N) is 3. The summed E-state index contributed by atoms with van der Waals surface area (Å²) in [7, 11) is 0. The molecule has 10 heteroatoms. The predicted molar refractivity (Wildman–Crippen MR) is 114 cm³/mol. The van der Waals surface area contributed by atoms with Gasteiger partial charge in [-0.2, -0.15) is 0 Å². The van der Waals surface area contributed by atoms with Crippen LogP contribution in [-0.4, -0.2) is 66.4 Å². The van der Waals surface area contributed by atoms with E-state index in [-0.39, 0.29) is 85.1 Å². The molecule has 1 atom stereocenters. The number of hydrogen-bond acceptors (Lipinski definition) is 6. The van der Waals surface area contributed by atoms with Crippen molar-refractivity contribution in [3.63, 3.8) is 0 Å². The summed E-state index contributed by atoms with van der Waals surface area (Å²) in [6.45, 7) is 5.30. The van der Waals surface area contributed by atoms with Crippen molar-refractivity contribution in [1.82, 2.24) is 20.9 Å². The molecule has 3 N–H and O–H groups in total. The fourth-order valence-corrected chi connectivity index (χ4v) is 2.89. The number of imide groups is 1. The van der Waals surface area contributed by atoms with Gasteiger partial charge < -0.3 is 16.0 Å². The molecule has 0 radical (unpaired) electrons. The van der Waals surface area contributed by atoms with Crippen molar-refractivity contribution in [3.8, 4) is 0 Å². The van der Waals surface area contributed by atoms with E-state index >= 15 is 0 Å². The zero-order chi connectivity index (χ0) is 22.7. The van der Waals surface area contributed by atoms with Crippen LogP contribution in [0.3, 0.4) is 0 Å². The molecule has 0 aromatic carbocycles. The Balaban J connectivity index is -0.00000300. The number of ketones is 1. The average Bonchev–Trinajstić information content (AvgIpc) is 2.97. The lowest BCUT2D eigenvalue weighted by Crippen LogP contribution is -2.42. The van der Waals surface area contributed by atoms with Gasteiger partial charge in [0.2, 0.25) is 29.5 Å². The van der Waals surface area contributed by atoms with Crippen molar-refractivity contribution < 1.29 is 33.0 Å². The molecule has 0 aromatic rings. The van der Waals surface area contributed by atoms with Gasteiger partial charge in [-0.3, -0.25) is 33.7 Å². The van der Waals surface area contributed by atoms with Crippen LogP contribution in [0.5, 0.6) is 0 Å². The minimum Gasteiger partial charge on any atom is -0.354 e. The van der Waals surface area contributed by atoms with E-state index in [9.17, 15) is 28.8 Å². The standard InChI is InChI=1S/C20H32N4O6.3H2/c1-4-14-10-19(29)24(20(14)30)9-5-6-16(26)22-12-18(28)23-11-17(27)21-8-7-15(25)13(2)3;;;/h13-14H,4-12H2,1-3H3,(H,21,27)(H,22,26)(H,23,28);3*1H. The van der Waals surface area contributed by atoms with Gasteiger partial charge in [-0.25, -0.2) is 0 Å². The first kappa shape index (κ1) is 25.3. The number of Topliss-reactive ketones (excluding diaryl/α,β-unsaturated/α-hetero) is 1. The monoisotopic (exact) mass is 430 g/mol. The molecule has 1 heterocycles. The van der Waals surface area contributed by atoms with E-state index in [1.165, 1.54) is 4.90 Å². The van der Waals surface area contributed by atoms with Crippen molar-refractivity contribution in [1.29, 1.82) is 0 Å². The van der Waals surface area contributed by atoms with Gasteiger partial charge in [-0.1, -0.05) is 20.8 Å². The molecule has 1 saturated heterocycles. The van der Waals surface area contributed by atoms with Crippen LogP contribution in [0.2, 0.25) is 0 Å². The summed E-state index contributed by atoms with van der Waals surface area (Å²) in [6.07, 6.45) is 1.47. The number of carbonyl (C=O) groups is 6. The van der Waals surface area contributed by atoms with E-state index in [2.05, 4.69) is 16.0 Å². The fourth-order valence-electron chi connectivity index (χ4n) is 2.89. The topological polar surface area (TPSA) is 142 Å². The first-order valence-corrected chi connectivity index (χ1v) is 10.3. The molecule has 0 bridgehead atoms. The number of likely N-dealkylation sites (tertiary alicyclic amines) is 1. The molecule has 10 nitrogen and oxygen atoms in total. The molecule has 0 spiro atoms. The van der Waals surface area contributed by atoms with Crippen LogP contribution in [0.4, 0.5) is 0 Å². The van der Waals surface area contributed by atoms with Crippen molar-refractivity contribution >= 4 is 35.3 Å². The van der Waals surface area contributed by atoms with Crippen LogP contribution in [-0.2, 0) is 28.8 Å². The molecule has 1 rings (SSSR count). The Labute approximate surface area is 181 Å². The fraction of sp³-hybridized carbons (Fsp3) is 0.700. The van der Waals surface area contributed by atoms with Gasteiger partial charge in [0.05, 0.1) is 13.1 Å². The number of rotatable bonds is 13. The van der Waals surface area contributed by atoms with E-state index < -0.39 is 11.8 Å². The highest BCUT2D eigenvalue weighted by Crippen LogP contribution is 2.22. The molecule has 0 aliphatic carbocycles. The highest BCUT2D eigenvalue weighted by atomic mass is 16.2. The molecule has 1 fully saturated rings. The third kappa shape index (κ3) is 8.71. The molecule has 1 aliphatic heterocycles. The Morgan fingerprint density at radius 1 is 1.00 bits per heavy atom. The molecule has 30 heavy (non-hydrogen) atoms. The third-order valence-electron chi connectivity index (χ3n) is 4.85. The SMILES string of the molecule is CCC1CC(=O)N(CCCC(=O)NCC(=O)NCC(=O)NCCC(=O)C(C)C)C1=O.[HH].[HH].[HH]. The predicted octanol–water partition coefficient (Wildman–Crippen LogP) is 0.254. The number of carbonyl (C=O) groups excluding carboxylic acids is 6. The second-order valence-corrected chi connectivity index (χ2v) is 7.57. The number of amides is 5. The van der Waals surface area contributed by atoms with Gasteiger partial charge in [0.15, 0.2) is 0 Å². The number of hydrogen-bond donors (Lipinski definition) is 3. The molecular formula is C20H38N4O6. The zero-order valence-electron chi connectivity index (χ0n) is 17.9. The van der Waals surface area contributed by atoms with Crippen molar-refractivity contribution in [2.45, 2.75) is 52.9 Å². The van der Waals surface area contributed by atoms with Crippen LogP contribution in [0.25, 0.3) is 0 Å². The van der Waals surface area contributed by atoms with Crippen LogP contribution in [0.1, 0.15) is 57.2 Å². The van der Waals surface area contributed by atoms with Crippen LogP contribution < -0.4 is 16.0 Å². The van der Waals surface area contributed by atoms with Gasteiger partial charge in [-0.15, -0.1) is 0 Å². The zero-order valence-corrected chi connectivity index (χ0v) is 17.9. The van der Waals surface area contributed by atoms with Gasteiger partial charge in [0.1, 0.15) is 5.78 Å². The van der Waals surface area contributed by atoms with Crippen molar-refractivity contribution in [2.75, 3.05) is 26.2 Å². The molecule has 5 amide bonds. The summed E-state index contributed by atoms with van der Waals surface area (Å²) in [5.41, 5.74) is 0. The van der Waals surface area contributed by atoms with E-state index in [1.54, 1.807) is 13.8 Å². The lowest BCUT2D eigenvalue weighted by Gasteiger charge is -2.14. The summed E-state index contributed by atoms with van der Waals surface area (Å²) in [5.74, 6) is -2.02. The van der Waals surface area contributed by atoms with Crippen LogP contribution >= 0.6 is 0 Å². The molecule has 1 unspecified atom stereocenters. The molecule has 0 aromatic heterocycles. The lowest BCUT2D eigenvalue weighted by molar-refractivity contribution is -0.140. The van der Waals surface area contributed by atoms with E-state index in [4.69, 9.17) is 0 Å². The summed E-state index contributed by atoms with van der Waals surface area (Å²) < 4.78 is 0. The Bertz CT molecular complexity index is 691. The summed E-state index contributed by atoms with van der Waals surface area (Å²) in [4.78, 5) is 71.6. The van der Waals surface area contributed by atoms with Gasteiger partial charge in [0, 0.05) is 48.5 Å². The van der Waals surface area contributed by atoms with Gasteiger partial charge in [-0.05, 0) is 12.8 Å². The normalized spacial score (nSPS) is 16.0. The summed E-state index contributed by atoms with van der Waals surface area (Å²) in [6, 6.07) is 0.